The molecule has 0 aliphatic rings. The van der Waals surface area contributed by atoms with Crippen molar-refractivity contribution in [2.75, 3.05) is 24.7 Å². The zero-order valence-electron chi connectivity index (χ0n) is 8.92. The van der Waals surface area contributed by atoms with E-state index in [9.17, 15) is 18.0 Å². The SMILES string of the molecule is CC(CSCCCOCC(F)(F)F)C(=O)O. The lowest BCUT2D eigenvalue weighted by atomic mass is 10.2. The summed E-state index contributed by atoms with van der Waals surface area (Å²) in [6.45, 7) is 0.423. The average Bonchev–Trinajstić information content (AvgIpc) is 2.14. The average molecular weight is 260 g/mol. The Morgan fingerprint density at radius 3 is 2.62 bits per heavy atom. The van der Waals surface area contributed by atoms with Crippen molar-refractivity contribution in [1.29, 1.82) is 0 Å². The predicted octanol–water partition coefficient (Wildman–Crippen LogP) is 2.41. The summed E-state index contributed by atoms with van der Waals surface area (Å²) in [5.41, 5.74) is 0. The summed E-state index contributed by atoms with van der Waals surface area (Å²) in [6.07, 6.45) is -3.78. The van der Waals surface area contributed by atoms with E-state index in [1.165, 1.54) is 11.8 Å². The first kappa shape index (κ1) is 15.6. The van der Waals surface area contributed by atoms with Gasteiger partial charge in [-0.15, -0.1) is 0 Å². The predicted molar refractivity (Wildman–Crippen MR) is 55.6 cm³/mol. The van der Waals surface area contributed by atoms with Gasteiger partial charge in [0.1, 0.15) is 6.61 Å². The number of carboxylic acid groups (broad SMARTS) is 1. The molecule has 0 saturated carbocycles. The molecular weight excluding hydrogens is 245 g/mol. The number of ether oxygens (including phenoxy) is 1. The second kappa shape index (κ2) is 7.78. The fourth-order valence-electron chi connectivity index (χ4n) is 0.782. The minimum atomic E-state index is -4.27. The van der Waals surface area contributed by atoms with Crippen LogP contribution in [0.5, 0.6) is 0 Å². The molecule has 7 heteroatoms. The van der Waals surface area contributed by atoms with E-state index in [1.807, 2.05) is 0 Å². The molecular formula is C9H15F3O3S. The first-order valence-electron chi connectivity index (χ1n) is 4.78. The highest BCUT2D eigenvalue weighted by atomic mass is 32.2. The molecule has 16 heavy (non-hydrogen) atoms. The lowest BCUT2D eigenvalue weighted by Crippen LogP contribution is -2.17. The van der Waals surface area contributed by atoms with Crippen LogP contribution < -0.4 is 0 Å². The van der Waals surface area contributed by atoms with E-state index in [0.29, 0.717) is 17.9 Å². The molecule has 1 atom stereocenters. The van der Waals surface area contributed by atoms with Crippen LogP contribution in [0.15, 0.2) is 0 Å². The largest absolute Gasteiger partial charge is 0.481 e. The van der Waals surface area contributed by atoms with Crippen molar-refractivity contribution in [3.05, 3.63) is 0 Å². The van der Waals surface area contributed by atoms with Gasteiger partial charge in [-0.2, -0.15) is 24.9 Å². The Bertz CT molecular complexity index is 209. The Hall–Kier alpha value is -0.430. The van der Waals surface area contributed by atoms with Crippen LogP contribution in [0.2, 0.25) is 0 Å². The van der Waals surface area contributed by atoms with Gasteiger partial charge in [0.05, 0.1) is 5.92 Å². The standard InChI is InChI=1S/C9H15F3O3S/c1-7(8(13)14)5-16-4-2-3-15-6-9(10,11)12/h7H,2-6H2,1H3,(H,13,14). The van der Waals surface area contributed by atoms with Crippen LogP contribution >= 0.6 is 11.8 Å². The van der Waals surface area contributed by atoms with E-state index in [1.54, 1.807) is 6.92 Å². The third-order valence-corrected chi connectivity index (χ3v) is 2.95. The normalized spacial score (nSPS) is 13.8. The van der Waals surface area contributed by atoms with Crippen molar-refractivity contribution >= 4 is 17.7 Å². The van der Waals surface area contributed by atoms with Crippen LogP contribution in [0.3, 0.4) is 0 Å². The molecule has 1 N–H and O–H groups in total. The lowest BCUT2D eigenvalue weighted by Gasteiger charge is -2.08. The molecule has 0 aliphatic carbocycles. The summed E-state index contributed by atoms with van der Waals surface area (Å²) >= 11 is 1.41. The Balaban J connectivity index is 3.25. The van der Waals surface area contributed by atoms with Crippen LogP contribution in [0.1, 0.15) is 13.3 Å². The number of carboxylic acids is 1. The molecule has 0 bridgehead atoms. The van der Waals surface area contributed by atoms with Gasteiger partial charge in [-0.25, -0.2) is 0 Å². The Labute approximate surface area is 96.3 Å². The highest BCUT2D eigenvalue weighted by Crippen LogP contribution is 2.15. The van der Waals surface area contributed by atoms with Gasteiger partial charge in [0.25, 0.3) is 0 Å². The fourth-order valence-corrected chi connectivity index (χ4v) is 1.77. The maximum atomic E-state index is 11.6. The number of rotatable bonds is 8. The number of thioether (sulfide) groups is 1. The second-order valence-electron chi connectivity index (χ2n) is 3.34. The molecule has 0 amide bonds. The van der Waals surface area contributed by atoms with E-state index in [4.69, 9.17) is 5.11 Å². The Morgan fingerprint density at radius 1 is 1.50 bits per heavy atom. The lowest BCUT2D eigenvalue weighted by molar-refractivity contribution is -0.173. The maximum absolute atomic E-state index is 11.6. The summed E-state index contributed by atoms with van der Waals surface area (Å²) in [5, 5.41) is 8.55. The number of hydrogen-bond acceptors (Lipinski definition) is 3. The van der Waals surface area contributed by atoms with Crippen molar-refractivity contribution in [3.8, 4) is 0 Å². The van der Waals surface area contributed by atoms with E-state index in [0.717, 1.165) is 0 Å². The number of hydrogen-bond donors (Lipinski definition) is 1. The first-order chi connectivity index (χ1) is 7.33. The molecule has 0 aromatic rings. The van der Waals surface area contributed by atoms with Crippen LogP contribution in [-0.2, 0) is 9.53 Å². The highest BCUT2D eigenvalue weighted by molar-refractivity contribution is 7.99. The maximum Gasteiger partial charge on any atom is 0.411 e. The van der Waals surface area contributed by atoms with Gasteiger partial charge in [0.2, 0.25) is 0 Å². The van der Waals surface area contributed by atoms with E-state index < -0.39 is 24.7 Å². The molecule has 0 spiro atoms. The van der Waals surface area contributed by atoms with Crippen LogP contribution in [0.4, 0.5) is 13.2 Å². The van der Waals surface area contributed by atoms with E-state index >= 15 is 0 Å². The Kier molecular flexibility index (Phi) is 7.57. The van der Waals surface area contributed by atoms with Gasteiger partial charge >= 0.3 is 12.1 Å². The molecule has 0 fully saturated rings. The highest BCUT2D eigenvalue weighted by Gasteiger charge is 2.27. The number of alkyl halides is 3. The smallest absolute Gasteiger partial charge is 0.411 e. The third-order valence-electron chi connectivity index (χ3n) is 1.63. The number of halogens is 3. The zero-order chi connectivity index (χ0) is 12.6. The molecule has 0 aliphatic heterocycles. The minimum absolute atomic E-state index is 0.0496. The van der Waals surface area contributed by atoms with Gasteiger partial charge in [-0.05, 0) is 12.2 Å². The van der Waals surface area contributed by atoms with E-state index in [2.05, 4.69) is 4.74 Å². The quantitative estimate of drug-likeness (QED) is 0.681. The van der Waals surface area contributed by atoms with Crippen molar-refractivity contribution in [2.45, 2.75) is 19.5 Å². The van der Waals surface area contributed by atoms with Crippen molar-refractivity contribution in [1.82, 2.24) is 0 Å². The summed E-state index contributed by atoms with van der Waals surface area (Å²) < 4.78 is 39.3. The molecule has 0 heterocycles. The van der Waals surface area contributed by atoms with Gasteiger partial charge in [-0.1, -0.05) is 6.92 Å². The molecule has 0 aromatic heterocycles. The molecule has 0 saturated heterocycles. The summed E-state index contributed by atoms with van der Waals surface area (Å²) in [4.78, 5) is 10.4. The fraction of sp³-hybridized carbons (Fsp3) is 0.889. The van der Waals surface area contributed by atoms with Crippen molar-refractivity contribution < 1.29 is 27.8 Å². The van der Waals surface area contributed by atoms with Gasteiger partial charge in [0, 0.05) is 12.4 Å². The van der Waals surface area contributed by atoms with Gasteiger partial charge in [-0.3, -0.25) is 4.79 Å². The molecule has 3 nitrogen and oxygen atoms in total. The zero-order valence-corrected chi connectivity index (χ0v) is 9.74. The van der Waals surface area contributed by atoms with Crippen LogP contribution in [0, 0.1) is 5.92 Å². The summed E-state index contributed by atoms with van der Waals surface area (Å²) in [7, 11) is 0. The molecule has 96 valence electrons. The second-order valence-corrected chi connectivity index (χ2v) is 4.49. The van der Waals surface area contributed by atoms with Crippen LogP contribution in [-0.4, -0.2) is 42.0 Å². The van der Waals surface area contributed by atoms with Crippen molar-refractivity contribution in [2.24, 2.45) is 5.92 Å². The molecule has 0 aromatic carbocycles. The summed E-state index contributed by atoms with van der Waals surface area (Å²) in [5.74, 6) is -0.216. The number of aliphatic carboxylic acids is 1. The van der Waals surface area contributed by atoms with E-state index in [-0.39, 0.29) is 6.61 Å². The monoisotopic (exact) mass is 260 g/mol. The third kappa shape index (κ3) is 10.1. The van der Waals surface area contributed by atoms with Crippen molar-refractivity contribution in [3.63, 3.8) is 0 Å². The number of carbonyl (C=O) groups is 1. The first-order valence-corrected chi connectivity index (χ1v) is 5.93. The molecule has 1 unspecified atom stereocenters. The molecule has 0 radical (unpaired) electrons. The Morgan fingerprint density at radius 2 is 2.12 bits per heavy atom. The minimum Gasteiger partial charge on any atom is -0.481 e. The topological polar surface area (TPSA) is 46.5 Å². The van der Waals surface area contributed by atoms with Gasteiger partial charge < -0.3 is 9.84 Å². The molecule has 0 rings (SSSR count). The van der Waals surface area contributed by atoms with Gasteiger partial charge in [0.15, 0.2) is 0 Å². The van der Waals surface area contributed by atoms with Crippen LogP contribution in [0.25, 0.3) is 0 Å². The summed E-state index contributed by atoms with van der Waals surface area (Å²) in [6, 6.07) is 0.